The van der Waals surface area contributed by atoms with Gasteiger partial charge in [0.05, 0.1) is 16.1 Å². The summed E-state index contributed by atoms with van der Waals surface area (Å²) in [5.74, 6) is 0. The zero-order valence-electron chi connectivity index (χ0n) is 19.3. The van der Waals surface area contributed by atoms with Crippen LogP contribution in [-0.4, -0.2) is 17.0 Å². The summed E-state index contributed by atoms with van der Waals surface area (Å²) in [4.78, 5) is 0.272. The summed E-state index contributed by atoms with van der Waals surface area (Å²) in [5, 5.41) is 2.11. The Morgan fingerprint density at radius 3 is 2.06 bits per heavy atom. The topological polar surface area (TPSA) is 44.0 Å². The van der Waals surface area contributed by atoms with Gasteiger partial charge in [-0.15, -0.1) is 0 Å². The lowest BCUT2D eigenvalue weighted by Crippen LogP contribution is -2.14. The average molecular weight is 477 g/mol. The highest BCUT2D eigenvalue weighted by Gasteiger charge is 2.23. The Balaban J connectivity index is 1.49. The van der Waals surface area contributed by atoms with Gasteiger partial charge in [0.25, 0.3) is 10.0 Å². The fraction of sp³-hybridized carbons (Fsp3) is 0.0667. The Bertz CT molecular complexity index is 1790. The van der Waals surface area contributed by atoms with E-state index in [2.05, 4.69) is 54.1 Å². The molecule has 0 aliphatic heterocycles. The van der Waals surface area contributed by atoms with Crippen molar-refractivity contribution in [2.24, 2.45) is 7.05 Å². The summed E-state index contributed by atoms with van der Waals surface area (Å²) >= 11 is 0. The molecule has 4 aromatic carbocycles. The van der Waals surface area contributed by atoms with E-state index >= 15 is 0 Å². The lowest BCUT2D eigenvalue weighted by molar-refractivity contribution is 0.589. The minimum absolute atomic E-state index is 0.272. The van der Waals surface area contributed by atoms with Crippen LogP contribution >= 0.6 is 0 Å². The number of para-hydroxylation sites is 2. The van der Waals surface area contributed by atoms with E-state index in [4.69, 9.17) is 0 Å². The summed E-state index contributed by atoms with van der Waals surface area (Å²) in [6, 6.07) is 37.0. The van der Waals surface area contributed by atoms with Crippen LogP contribution in [0.3, 0.4) is 0 Å². The van der Waals surface area contributed by atoms with Crippen LogP contribution in [0.4, 0.5) is 0 Å². The van der Waals surface area contributed by atoms with Crippen molar-refractivity contribution in [1.82, 2.24) is 8.54 Å². The van der Waals surface area contributed by atoms with E-state index < -0.39 is 10.0 Å². The van der Waals surface area contributed by atoms with E-state index in [0.717, 1.165) is 22.9 Å². The maximum atomic E-state index is 13.8. The number of hydrogen-bond acceptors (Lipinski definition) is 2. The van der Waals surface area contributed by atoms with E-state index in [9.17, 15) is 8.42 Å². The van der Waals surface area contributed by atoms with Gasteiger partial charge in [0.1, 0.15) is 0 Å². The molecule has 0 spiro atoms. The standard InChI is InChI=1S/C30H24N2O2S/c1-31-26(20-24-11-5-7-16-28(24)31)19-22-10-9-13-23(18-22)30-21-25-12-6-8-17-29(25)32(30)35(33,34)27-14-3-2-4-15-27/h2-18,20-21H,19H2,1H3. The second-order valence-electron chi connectivity index (χ2n) is 8.80. The molecular formula is C30H24N2O2S. The minimum Gasteiger partial charge on any atom is -0.347 e. The van der Waals surface area contributed by atoms with Crippen molar-refractivity contribution in [3.63, 3.8) is 0 Å². The molecule has 0 aliphatic rings. The molecule has 0 bridgehead atoms. The lowest BCUT2D eigenvalue weighted by atomic mass is 10.0. The molecule has 2 aromatic heterocycles. The maximum absolute atomic E-state index is 13.8. The Morgan fingerprint density at radius 1 is 0.657 bits per heavy atom. The summed E-state index contributed by atoms with van der Waals surface area (Å²) in [7, 11) is -1.70. The predicted octanol–water partition coefficient (Wildman–Crippen LogP) is 6.63. The van der Waals surface area contributed by atoms with E-state index in [1.807, 2.05) is 48.5 Å². The molecule has 0 saturated heterocycles. The van der Waals surface area contributed by atoms with Crippen LogP contribution in [0.15, 0.2) is 120 Å². The maximum Gasteiger partial charge on any atom is 0.268 e. The van der Waals surface area contributed by atoms with Crippen LogP contribution in [0.1, 0.15) is 11.3 Å². The third-order valence-electron chi connectivity index (χ3n) is 6.61. The van der Waals surface area contributed by atoms with Gasteiger partial charge in [0.15, 0.2) is 0 Å². The zero-order valence-corrected chi connectivity index (χ0v) is 20.1. The molecule has 6 aromatic rings. The van der Waals surface area contributed by atoms with Crippen LogP contribution in [0.2, 0.25) is 0 Å². The number of fused-ring (bicyclic) bond motifs is 2. The van der Waals surface area contributed by atoms with Gasteiger partial charge in [-0.2, -0.15) is 0 Å². The second kappa shape index (κ2) is 8.29. The molecule has 0 aliphatic carbocycles. The molecule has 5 heteroatoms. The van der Waals surface area contributed by atoms with Gasteiger partial charge >= 0.3 is 0 Å². The van der Waals surface area contributed by atoms with E-state index in [-0.39, 0.29) is 4.90 Å². The number of aryl methyl sites for hydroxylation is 1. The van der Waals surface area contributed by atoms with Crippen LogP contribution in [-0.2, 0) is 23.5 Å². The highest BCUT2D eigenvalue weighted by Crippen LogP contribution is 2.33. The van der Waals surface area contributed by atoms with Gasteiger partial charge < -0.3 is 4.57 Å². The second-order valence-corrected chi connectivity index (χ2v) is 10.6. The normalized spacial score (nSPS) is 11.9. The monoisotopic (exact) mass is 476 g/mol. The molecule has 0 atom stereocenters. The van der Waals surface area contributed by atoms with Crippen molar-refractivity contribution >= 4 is 31.8 Å². The van der Waals surface area contributed by atoms with Crippen LogP contribution in [0.25, 0.3) is 33.1 Å². The fourth-order valence-electron chi connectivity index (χ4n) is 4.85. The molecule has 4 nitrogen and oxygen atoms in total. The van der Waals surface area contributed by atoms with Crippen LogP contribution < -0.4 is 0 Å². The van der Waals surface area contributed by atoms with E-state index in [1.54, 1.807) is 24.3 Å². The first-order valence-electron chi connectivity index (χ1n) is 11.6. The van der Waals surface area contributed by atoms with Gasteiger partial charge in [-0.25, -0.2) is 12.4 Å². The van der Waals surface area contributed by atoms with Gasteiger partial charge in [-0.3, -0.25) is 0 Å². The van der Waals surface area contributed by atoms with E-state index in [0.29, 0.717) is 11.2 Å². The number of aromatic nitrogens is 2. The Hall–Kier alpha value is -4.09. The fourth-order valence-corrected chi connectivity index (χ4v) is 6.41. The highest BCUT2D eigenvalue weighted by atomic mass is 32.2. The Kier molecular flexibility index (Phi) is 5.08. The van der Waals surface area contributed by atoms with Crippen molar-refractivity contribution < 1.29 is 8.42 Å². The summed E-state index contributed by atoms with van der Waals surface area (Å²) in [6.07, 6.45) is 0.755. The smallest absolute Gasteiger partial charge is 0.268 e. The Morgan fingerprint density at radius 2 is 1.31 bits per heavy atom. The summed E-state index contributed by atoms with van der Waals surface area (Å²) < 4.78 is 31.3. The van der Waals surface area contributed by atoms with Crippen molar-refractivity contribution in [1.29, 1.82) is 0 Å². The third kappa shape index (κ3) is 3.65. The van der Waals surface area contributed by atoms with E-state index in [1.165, 1.54) is 20.6 Å². The predicted molar refractivity (Wildman–Crippen MR) is 142 cm³/mol. The van der Waals surface area contributed by atoms with Gasteiger partial charge in [-0.05, 0) is 59.0 Å². The lowest BCUT2D eigenvalue weighted by Gasteiger charge is -2.13. The van der Waals surface area contributed by atoms with Crippen LogP contribution in [0.5, 0.6) is 0 Å². The van der Waals surface area contributed by atoms with Crippen LogP contribution in [0, 0.1) is 0 Å². The molecule has 0 amide bonds. The largest absolute Gasteiger partial charge is 0.347 e. The summed E-state index contributed by atoms with van der Waals surface area (Å²) in [6.45, 7) is 0. The first kappa shape index (κ1) is 21.4. The molecule has 35 heavy (non-hydrogen) atoms. The first-order valence-corrected chi connectivity index (χ1v) is 13.0. The molecule has 2 heterocycles. The number of rotatable bonds is 5. The summed E-state index contributed by atoms with van der Waals surface area (Å²) in [5.41, 5.74) is 5.74. The molecule has 0 N–H and O–H groups in total. The average Bonchev–Trinajstić information content (AvgIpc) is 3.43. The molecule has 6 rings (SSSR count). The van der Waals surface area contributed by atoms with Gasteiger partial charge in [-0.1, -0.05) is 72.8 Å². The number of nitrogens with zero attached hydrogens (tertiary/aromatic N) is 2. The first-order chi connectivity index (χ1) is 17.0. The molecule has 0 unspecified atom stereocenters. The minimum atomic E-state index is -3.78. The van der Waals surface area contributed by atoms with Gasteiger partial charge in [0, 0.05) is 30.1 Å². The van der Waals surface area contributed by atoms with Gasteiger partial charge in [0.2, 0.25) is 0 Å². The Labute approximate surface area is 204 Å². The SMILES string of the molecule is Cn1c(Cc2cccc(-c3cc4ccccc4n3S(=O)(=O)c3ccccc3)c2)cc2ccccc21. The molecular weight excluding hydrogens is 452 g/mol. The number of hydrogen-bond donors (Lipinski definition) is 0. The quantitative estimate of drug-likeness (QED) is 0.280. The highest BCUT2D eigenvalue weighted by molar-refractivity contribution is 7.90. The molecule has 0 fully saturated rings. The zero-order chi connectivity index (χ0) is 24.0. The van der Waals surface area contributed by atoms with Crippen molar-refractivity contribution in [3.8, 4) is 11.3 Å². The third-order valence-corrected chi connectivity index (χ3v) is 8.35. The van der Waals surface area contributed by atoms with Crippen molar-refractivity contribution in [2.45, 2.75) is 11.3 Å². The van der Waals surface area contributed by atoms with Crippen molar-refractivity contribution in [3.05, 3.63) is 127 Å². The number of benzene rings is 4. The molecule has 0 saturated carbocycles. The molecule has 0 radical (unpaired) electrons. The van der Waals surface area contributed by atoms with Crippen molar-refractivity contribution in [2.75, 3.05) is 0 Å². The molecule has 172 valence electrons.